The molecule has 0 spiro atoms. The number of β-amino-alcohol motifs (C(OH)–C–C–N with tert-alkyl or cyclic N) is 1. The molecule has 1 amide bonds. The van der Waals surface area contributed by atoms with E-state index in [0.29, 0.717) is 24.9 Å². The van der Waals surface area contributed by atoms with Crippen LogP contribution in [0.3, 0.4) is 0 Å². The van der Waals surface area contributed by atoms with Gasteiger partial charge in [0.05, 0.1) is 24.6 Å². The topological polar surface area (TPSA) is 87.6 Å². The Kier molecular flexibility index (Phi) is 5.52. The van der Waals surface area contributed by atoms with Crippen molar-refractivity contribution in [1.29, 1.82) is 0 Å². The van der Waals surface area contributed by atoms with Crippen molar-refractivity contribution in [2.75, 3.05) is 25.0 Å². The van der Waals surface area contributed by atoms with E-state index in [2.05, 4.69) is 26.3 Å². The number of fused-ring (bicyclic) bond motifs is 1. The predicted molar refractivity (Wildman–Crippen MR) is 110 cm³/mol. The number of hydrogen-bond acceptors (Lipinski definition) is 6. The Morgan fingerprint density at radius 1 is 1.31 bits per heavy atom. The molecule has 7 nitrogen and oxygen atoms in total. The van der Waals surface area contributed by atoms with Crippen molar-refractivity contribution in [1.82, 2.24) is 14.9 Å². The molecule has 4 rings (SSSR count). The van der Waals surface area contributed by atoms with E-state index in [4.69, 9.17) is 4.74 Å². The number of benzene rings is 1. The molecular formula is C22H28N4O3. The van der Waals surface area contributed by atoms with E-state index >= 15 is 0 Å². The van der Waals surface area contributed by atoms with E-state index in [9.17, 15) is 9.90 Å². The number of aliphatic hydroxyl groups is 1. The maximum atomic E-state index is 12.6. The largest absolute Gasteiger partial charge is 0.476 e. The molecule has 0 atom stereocenters. The normalized spacial score (nSPS) is 16.9. The highest BCUT2D eigenvalue weighted by Crippen LogP contribution is 2.29. The highest BCUT2D eigenvalue weighted by atomic mass is 16.5. The zero-order valence-electron chi connectivity index (χ0n) is 17.0. The Balaban J connectivity index is 1.40. The number of hydrogen-bond donors (Lipinski definition) is 2. The highest BCUT2D eigenvalue weighted by Gasteiger charge is 2.25. The van der Waals surface area contributed by atoms with Crippen molar-refractivity contribution < 1.29 is 14.6 Å². The average Bonchev–Trinajstić information content (AvgIpc) is 3.50. The molecule has 1 fully saturated rings. The van der Waals surface area contributed by atoms with Crippen molar-refractivity contribution in [3.05, 3.63) is 47.4 Å². The SMILES string of the molecule is CC(C)(O)CN1CCc2c(cccc2NC(=O)c2cnc(OCC3CC3)cn2)C1. The van der Waals surface area contributed by atoms with E-state index in [1.165, 1.54) is 30.8 Å². The third-order valence-corrected chi connectivity index (χ3v) is 5.23. The van der Waals surface area contributed by atoms with Crippen LogP contribution in [0.15, 0.2) is 30.6 Å². The van der Waals surface area contributed by atoms with Gasteiger partial charge in [0.2, 0.25) is 5.88 Å². The van der Waals surface area contributed by atoms with Gasteiger partial charge in [-0.3, -0.25) is 9.69 Å². The van der Waals surface area contributed by atoms with Crippen LogP contribution in [0, 0.1) is 5.92 Å². The Bertz CT molecular complexity index is 873. The first-order chi connectivity index (χ1) is 13.9. The highest BCUT2D eigenvalue weighted by molar-refractivity contribution is 6.03. The van der Waals surface area contributed by atoms with Crippen molar-refractivity contribution in [3.63, 3.8) is 0 Å². The average molecular weight is 396 g/mol. The van der Waals surface area contributed by atoms with Crippen molar-refractivity contribution >= 4 is 11.6 Å². The number of aromatic nitrogens is 2. The first kappa shape index (κ1) is 19.8. The van der Waals surface area contributed by atoms with Gasteiger partial charge in [-0.1, -0.05) is 12.1 Å². The van der Waals surface area contributed by atoms with Gasteiger partial charge in [-0.2, -0.15) is 0 Å². The standard InChI is InChI=1S/C22H28N4O3/c1-22(2,28)14-26-9-8-17-16(12-26)4-3-5-18(17)25-21(27)19-10-24-20(11-23-19)29-13-15-6-7-15/h3-5,10-11,15,28H,6-9,12-14H2,1-2H3,(H,25,27). The van der Waals surface area contributed by atoms with E-state index in [-0.39, 0.29) is 11.6 Å². The summed E-state index contributed by atoms with van der Waals surface area (Å²) >= 11 is 0. The third kappa shape index (κ3) is 5.31. The smallest absolute Gasteiger partial charge is 0.275 e. The molecule has 2 heterocycles. The lowest BCUT2D eigenvalue weighted by Crippen LogP contribution is -2.41. The summed E-state index contributed by atoms with van der Waals surface area (Å²) in [5.41, 5.74) is 2.67. The van der Waals surface area contributed by atoms with Crippen molar-refractivity contribution in [2.24, 2.45) is 5.92 Å². The minimum absolute atomic E-state index is 0.265. The minimum Gasteiger partial charge on any atom is -0.476 e. The monoisotopic (exact) mass is 396 g/mol. The maximum Gasteiger partial charge on any atom is 0.275 e. The Labute approximate surface area is 171 Å². The second-order valence-electron chi connectivity index (χ2n) is 8.66. The van der Waals surface area contributed by atoms with E-state index in [1.54, 1.807) is 0 Å². The van der Waals surface area contributed by atoms with Gasteiger partial charge in [0, 0.05) is 25.3 Å². The van der Waals surface area contributed by atoms with E-state index in [0.717, 1.165) is 30.8 Å². The summed E-state index contributed by atoms with van der Waals surface area (Å²) in [5, 5.41) is 13.1. The molecule has 2 N–H and O–H groups in total. The van der Waals surface area contributed by atoms with Crippen LogP contribution in [-0.4, -0.2) is 51.2 Å². The zero-order valence-corrected chi connectivity index (χ0v) is 17.0. The number of nitrogens with one attached hydrogen (secondary N) is 1. The molecule has 1 saturated carbocycles. The number of anilines is 1. The number of amides is 1. The molecule has 154 valence electrons. The molecule has 7 heteroatoms. The molecule has 0 unspecified atom stereocenters. The lowest BCUT2D eigenvalue weighted by molar-refractivity contribution is 0.0318. The van der Waals surface area contributed by atoms with Gasteiger partial charge in [0.1, 0.15) is 5.69 Å². The number of rotatable bonds is 7. The Morgan fingerprint density at radius 2 is 2.14 bits per heavy atom. The van der Waals surface area contributed by atoms with E-state index < -0.39 is 5.60 Å². The second-order valence-corrected chi connectivity index (χ2v) is 8.66. The van der Waals surface area contributed by atoms with Gasteiger partial charge < -0.3 is 15.2 Å². The van der Waals surface area contributed by atoms with Crippen LogP contribution >= 0.6 is 0 Å². The number of carbonyl (C=O) groups excluding carboxylic acids is 1. The van der Waals surface area contributed by atoms with Crippen LogP contribution < -0.4 is 10.1 Å². The minimum atomic E-state index is -0.726. The summed E-state index contributed by atoms with van der Waals surface area (Å²) in [7, 11) is 0. The number of nitrogens with zero attached hydrogens (tertiary/aromatic N) is 3. The quantitative estimate of drug-likeness (QED) is 0.748. The Hall–Kier alpha value is -2.51. The molecule has 1 aromatic carbocycles. The van der Waals surface area contributed by atoms with Gasteiger partial charge >= 0.3 is 0 Å². The van der Waals surface area contributed by atoms with E-state index in [1.807, 2.05) is 26.0 Å². The number of ether oxygens (including phenoxy) is 1. The van der Waals surface area contributed by atoms with Gasteiger partial charge in [-0.25, -0.2) is 9.97 Å². The molecule has 29 heavy (non-hydrogen) atoms. The summed E-state index contributed by atoms with van der Waals surface area (Å²) in [6.07, 6.45) is 6.21. The van der Waals surface area contributed by atoms with Crippen LogP contribution in [0.25, 0.3) is 0 Å². The van der Waals surface area contributed by atoms with Crippen LogP contribution in [0.4, 0.5) is 5.69 Å². The lowest BCUT2D eigenvalue weighted by Gasteiger charge is -2.33. The van der Waals surface area contributed by atoms with Crippen LogP contribution in [0.1, 0.15) is 48.3 Å². The van der Waals surface area contributed by atoms with Crippen LogP contribution in [-0.2, 0) is 13.0 Å². The van der Waals surface area contributed by atoms with Gasteiger partial charge in [0.25, 0.3) is 5.91 Å². The van der Waals surface area contributed by atoms with Crippen LogP contribution in [0.5, 0.6) is 5.88 Å². The summed E-state index contributed by atoms with van der Waals surface area (Å²) < 4.78 is 5.57. The maximum absolute atomic E-state index is 12.6. The molecular weight excluding hydrogens is 368 g/mol. The fourth-order valence-electron chi connectivity index (χ4n) is 3.65. The number of carbonyl (C=O) groups is 1. The van der Waals surface area contributed by atoms with Gasteiger partial charge in [-0.15, -0.1) is 0 Å². The molecule has 0 saturated heterocycles. The molecule has 1 aliphatic carbocycles. The first-order valence-electron chi connectivity index (χ1n) is 10.2. The fourth-order valence-corrected chi connectivity index (χ4v) is 3.65. The van der Waals surface area contributed by atoms with Crippen molar-refractivity contribution in [2.45, 2.75) is 45.3 Å². The first-order valence-corrected chi connectivity index (χ1v) is 10.2. The molecule has 0 bridgehead atoms. The molecule has 0 radical (unpaired) electrons. The summed E-state index contributed by atoms with van der Waals surface area (Å²) in [5.74, 6) is 0.819. The Morgan fingerprint density at radius 3 is 2.83 bits per heavy atom. The van der Waals surface area contributed by atoms with Gasteiger partial charge in [0.15, 0.2) is 0 Å². The van der Waals surface area contributed by atoms with Crippen molar-refractivity contribution in [3.8, 4) is 5.88 Å². The second kappa shape index (κ2) is 8.08. The third-order valence-electron chi connectivity index (χ3n) is 5.23. The molecule has 1 aromatic heterocycles. The fraction of sp³-hybridized carbons (Fsp3) is 0.500. The molecule has 2 aromatic rings. The summed E-state index contributed by atoms with van der Waals surface area (Å²) in [6.45, 7) is 6.53. The lowest BCUT2D eigenvalue weighted by atomic mass is 9.96. The summed E-state index contributed by atoms with van der Waals surface area (Å²) in [6, 6.07) is 5.94. The predicted octanol–water partition coefficient (Wildman–Crippen LogP) is 2.65. The summed E-state index contributed by atoms with van der Waals surface area (Å²) in [4.78, 5) is 23.3. The van der Waals surface area contributed by atoms with Crippen LogP contribution in [0.2, 0.25) is 0 Å². The zero-order chi connectivity index (χ0) is 20.4. The van der Waals surface area contributed by atoms with Gasteiger partial charge in [-0.05, 0) is 56.2 Å². The molecule has 1 aliphatic heterocycles. The molecule has 2 aliphatic rings.